The van der Waals surface area contributed by atoms with Gasteiger partial charge in [0.1, 0.15) is 0 Å². The van der Waals surface area contributed by atoms with Gasteiger partial charge in [-0.15, -0.1) is 0 Å². The monoisotopic (exact) mass is 580 g/mol. The average Bonchev–Trinajstić information content (AvgIpc) is 2.84. The first-order chi connectivity index (χ1) is 16.8. The molecule has 213 valence electrons. The minimum Gasteiger partial charge on any atom is 0 e. The topological polar surface area (TPSA) is 137 Å². The summed E-state index contributed by atoms with van der Waals surface area (Å²) in [5.74, 6) is -1.17. The van der Waals surface area contributed by atoms with E-state index in [4.69, 9.17) is 51.9 Å². The van der Waals surface area contributed by atoms with Crippen LogP contribution in [0, 0.1) is 0 Å². The molecule has 1 saturated heterocycles. The molecule has 0 radical (unpaired) electrons. The molecule has 0 aromatic rings. The van der Waals surface area contributed by atoms with E-state index in [2.05, 4.69) is 19.2 Å². The van der Waals surface area contributed by atoms with Gasteiger partial charge in [-0.1, -0.05) is 46.0 Å². The predicted molar refractivity (Wildman–Crippen MR) is 147 cm³/mol. The normalized spacial score (nSPS) is 28.9. The first-order valence-corrected chi connectivity index (χ1v) is 15.8. The van der Waals surface area contributed by atoms with E-state index < -0.39 is 5.97 Å². The largest absolute Gasteiger partial charge is 0 e. The fourth-order valence-corrected chi connectivity index (χ4v) is 4.14. The van der Waals surface area contributed by atoms with E-state index >= 15 is 0 Å². The van der Waals surface area contributed by atoms with Crippen LogP contribution in [0.15, 0.2) is 0 Å². The molecule has 2 aliphatic rings. The zero-order chi connectivity index (χ0) is 25.9. The molecule has 9 nitrogen and oxygen atoms in total. The summed E-state index contributed by atoms with van der Waals surface area (Å²) in [7, 11) is 9.59. The number of rotatable bonds is 7. The molecule has 0 aromatic heterocycles. The number of halogens is 2. The van der Waals surface area contributed by atoms with Gasteiger partial charge in [0, 0.05) is 17.2 Å². The number of carbonyl (C=O) groups is 2. The molecule has 1 heterocycles. The first kappa shape index (κ1) is 32.9. The zero-order valence-corrected chi connectivity index (χ0v) is 23.6. The van der Waals surface area contributed by atoms with E-state index in [1.165, 1.54) is 12.8 Å². The van der Waals surface area contributed by atoms with E-state index in [0.717, 1.165) is 45.3 Å². The first-order valence-electron chi connectivity index (χ1n) is 12.5. The molecule has 0 aromatic carbocycles. The van der Waals surface area contributed by atoms with Gasteiger partial charge in [0.05, 0.1) is 6.42 Å². The van der Waals surface area contributed by atoms with Crippen LogP contribution >= 0.6 is 20.2 Å². The summed E-state index contributed by atoms with van der Waals surface area (Å²) in [6, 6.07) is 1.06. The van der Waals surface area contributed by atoms with Crippen molar-refractivity contribution in [2.24, 2.45) is 0 Å². The van der Waals surface area contributed by atoms with Gasteiger partial charge >= 0.3 is 39.3 Å². The van der Waals surface area contributed by atoms with Crippen LogP contribution in [0.5, 0.6) is 0 Å². The molecular formula is C23H47Cl2MnN6O3-5. The number of aliphatic carboxylic acids is 1. The van der Waals surface area contributed by atoms with Crippen LogP contribution in [0.2, 0.25) is 0 Å². The summed E-state index contributed by atoms with van der Waals surface area (Å²) >= 11 is 0.00694. The second-order valence-corrected chi connectivity index (χ2v) is 11.1. The van der Waals surface area contributed by atoms with Crippen LogP contribution in [0.25, 0.3) is 26.6 Å². The van der Waals surface area contributed by atoms with Crippen molar-refractivity contribution in [1.82, 2.24) is 5.32 Å². The van der Waals surface area contributed by atoms with Crippen LogP contribution < -0.4 is 5.32 Å². The van der Waals surface area contributed by atoms with E-state index in [9.17, 15) is 9.59 Å². The number of amides is 1. The van der Waals surface area contributed by atoms with Crippen molar-refractivity contribution in [2.45, 2.75) is 95.4 Å². The number of carboxylic acid groups (broad SMARTS) is 1. The fourth-order valence-electron chi connectivity index (χ4n) is 4.14. The minimum absolute atomic E-state index is 0. The maximum atomic E-state index is 11.7. The maximum Gasteiger partial charge on any atom is 0 e. The molecule has 2 fully saturated rings. The average molecular weight is 582 g/mol. The Morgan fingerprint density at radius 2 is 1.51 bits per heavy atom. The van der Waals surface area contributed by atoms with Gasteiger partial charge in [-0.2, -0.15) is 62.9 Å². The quantitative estimate of drug-likeness (QED) is 0.274. The minimum atomic E-state index is -0.952. The Labute approximate surface area is 230 Å². The van der Waals surface area contributed by atoms with Gasteiger partial charge in [-0.25, -0.2) is 0 Å². The van der Waals surface area contributed by atoms with E-state index in [-0.39, 0.29) is 60.3 Å². The van der Waals surface area contributed by atoms with Crippen molar-refractivity contribution in [3.8, 4) is 0 Å². The molecule has 0 spiro atoms. The van der Waals surface area contributed by atoms with Crippen molar-refractivity contribution in [3.63, 3.8) is 0 Å². The molecule has 0 bridgehead atoms. The van der Waals surface area contributed by atoms with Crippen molar-refractivity contribution >= 4 is 32.1 Å². The van der Waals surface area contributed by atoms with Gasteiger partial charge < -0.3 is 37.0 Å². The molecule has 12 heteroatoms. The summed E-state index contributed by atoms with van der Waals surface area (Å²) in [6.45, 7) is 8.36. The summed E-state index contributed by atoms with van der Waals surface area (Å²) in [5, 5.41) is 35.8. The Balaban J connectivity index is -0.00000194. The molecule has 2 N–H and O–H groups in total. The third kappa shape index (κ3) is 17.1. The second-order valence-electron chi connectivity index (χ2n) is 9.12. The molecule has 35 heavy (non-hydrogen) atoms. The Morgan fingerprint density at radius 3 is 2.20 bits per heavy atom. The van der Waals surface area contributed by atoms with Crippen LogP contribution in [0.3, 0.4) is 0 Å². The number of hydrogen-bond donors (Lipinski definition) is 2. The fraction of sp³-hybridized carbons (Fsp3) is 0.913. The van der Waals surface area contributed by atoms with Crippen LogP contribution in [0.4, 0.5) is 0 Å². The number of nitrogens with one attached hydrogen (secondary N) is 1. The maximum absolute atomic E-state index is 11.7. The molecule has 1 aliphatic carbocycles. The predicted octanol–water partition coefficient (Wildman–Crippen LogP) is 6.20. The molecular weight excluding hydrogens is 534 g/mol. The Kier molecular flexibility index (Phi) is 19.6. The standard InChI is InChI=1S/C23H41N6O3.2ClH.Mn.3H2/c1-17-14-27-18(2)15-28-19(6-5-11-26-22(30)9-10-23(31)32)16-29-21-8-4-3-7-20(21)25-13-12-24-17;;;;;;/h17-21H,3-16H2,1-2H3,(H,26,30)(H,31,32);2*1H;;3*1H/q-5;;;+2;;;/p-2/t17-,18+,19-,20+,21+;;;;;;/m0....../s1. The third-order valence-electron chi connectivity index (χ3n) is 6.06. The number of fused-ring (bicyclic) bond motifs is 1. The molecule has 1 amide bonds. The van der Waals surface area contributed by atoms with Gasteiger partial charge in [-0.05, 0) is 6.42 Å². The van der Waals surface area contributed by atoms with Crippen molar-refractivity contribution in [2.75, 3.05) is 39.3 Å². The molecule has 2 rings (SSSR count). The summed E-state index contributed by atoms with van der Waals surface area (Å²) in [5.41, 5.74) is 0. The van der Waals surface area contributed by atoms with Gasteiger partial charge in [0.15, 0.2) is 0 Å². The number of nitrogens with zero attached hydrogens (tertiary/aromatic N) is 5. The summed E-state index contributed by atoms with van der Waals surface area (Å²) in [4.78, 5) is 22.3. The number of carboxylic acids is 1. The van der Waals surface area contributed by atoms with Crippen LogP contribution in [0.1, 0.15) is 69.5 Å². The van der Waals surface area contributed by atoms with E-state index in [1.807, 2.05) is 0 Å². The summed E-state index contributed by atoms with van der Waals surface area (Å²) < 4.78 is 0. The van der Waals surface area contributed by atoms with E-state index in [1.54, 1.807) is 0 Å². The molecule has 5 atom stereocenters. The number of carbonyl (C=O) groups excluding carboxylic acids is 1. The summed E-state index contributed by atoms with van der Waals surface area (Å²) in [6.07, 6.45) is 6.16. The van der Waals surface area contributed by atoms with Crippen LogP contribution in [-0.4, -0.2) is 86.5 Å². The zero-order valence-electron chi connectivity index (χ0n) is 20.9. The van der Waals surface area contributed by atoms with E-state index in [0.29, 0.717) is 25.7 Å². The van der Waals surface area contributed by atoms with Crippen molar-refractivity contribution in [1.29, 1.82) is 0 Å². The molecule has 0 unspecified atom stereocenters. The molecule has 1 aliphatic heterocycles. The smallest absolute Gasteiger partial charge is 0 e. The van der Waals surface area contributed by atoms with Crippen molar-refractivity contribution < 1.29 is 32.1 Å². The molecule has 1 saturated carbocycles. The van der Waals surface area contributed by atoms with Gasteiger partial charge in [-0.3, -0.25) is 9.59 Å². The van der Waals surface area contributed by atoms with Crippen LogP contribution in [-0.2, 0) is 22.7 Å². The SMILES string of the molecule is C[C@@H]1C[N-][C@@H](CCCNC(=O)CCC(=O)O)C[N-][C@@H]2CCCC[C@H]2[N-]CC[N-][C@@H](C)C[N-]1.[Cl][Mn][Cl].[HH].[HH].[HH]. The Hall–Kier alpha value is -0.161. The Morgan fingerprint density at radius 1 is 0.914 bits per heavy atom. The number of hydrogen-bond acceptors (Lipinski definition) is 2. The second kappa shape index (κ2) is 20.8. The third-order valence-corrected chi connectivity index (χ3v) is 6.06. The Bertz CT molecular complexity index is 597. The van der Waals surface area contributed by atoms with Crippen molar-refractivity contribution in [3.05, 3.63) is 26.6 Å². The van der Waals surface area contributed by atoms with Gasteiger partial charge in [0.25, 0.3) is 0 Å². The van der Waals surface area contributed by atoms with Gasteiger partial charge in [0.2, 0.25) is 5.91 Å².